The Labute approximate surface area is 126 Å². The van der Waals surface area contributed by atoms with Crippen molar-refractivity contribution in [2.45, 2.75) is 38.3 Å². The topological polar surface area (TPSA) is 12.0 Å². The normalized spacial score (nSPS) is 17.4. The third kappa shape index (κ3) is 3.92. The lowest BCUT2D eigenvalue weighted by Crippen LogP contribution is -2.33. The van der Waals surface area contributed by atoms with Crippen LogP contribution in [0.3, 0.4) is 0 Å². The molecule has 0 aliphatic heterocycles. The Morgan fingerprint density at radius 1 is 1.05 bits per heavy atom. The van der Waals surface area contributed by atoms with Gasteiger partial charge in [-0.2, -0.15) is 0 Å². The van der Waals surface area contributed by atoms with E-state index in [9.17, 15) is 4.39 Å². The van der Waals surface area contributed by atoms with Crippen LogP contribution in [0.15, 0.2) is 54.6 Å². The van der Waals surface area contributed by atoms with Gasteiger partial charge in [-0.15, -0.1) is 0 Å². The first-order valence-electron chi connectivity index (χ1n) is 7.78. The molecular weight excluding hydrogens is 261 g/mol. The molecule has 0 aromatic heterocycles. The standard InChI is InChI=1S/C19H22FN/c1-14(13-15-7-11-18(20)12-8-15)21-19(17-9-10-17)16-5-3-2-4-6-16/h2-8,11-12,14,17,19,21H,9-10,13H2,1H3. The first-order chi connectivity index (χ1) is 10.2. The third-order valence-electron chi connectivity index (χ3n) is 4.17. The highest BCUT2D eigenvalue weighted by Gasteiger charge is 2.32. The first kappa shape index (κ1) is 14.3. The van der Waals surface area contributed by atoms with E-state index >= 15 is 0 Å². The summed E-state index contributed by atoms with van der Waals surface area (Å²) < 4.78 is 13.0. The summed E-state index contributed by atoms with van der Waals surface area (Å²) in [4.78, 5) is 0. The average molecular weight is 283 g/mol. The summed E-state index contributed by atoms with van der Waals surface area (Å²) in [5.74, 6) is 0.600. The van der Waals surface area contributed by atoms with Crippen LogP contribution in [-0.2, 0) is 6.42 Å². The van der Waals surface area contributed by atoms with Crippen molar-refractivity contribution < 1.29 is 4.39 Å². The molecule has 1 aliphatic rings. The zero-order valence-electron chi connectivity index (χ0n) is 12.4. The van der Waals surface area contributed by atoms with Crippen molar-refractivity contribution in [1.29, 1.82) is 0 Å². The Morgan fingerprint density at radius 2 is 1.71 bits per heavy atom. The summed E-state index contributed by atoms with van der Waals surface area (Å²) in [6.45, 7) is 2.21. The molecule has 0 heterocycles. The molecule has 2 heteroatoms. The maximum Gasteiger partial charge on any atom is 0.123 e. The van der Waals surface area contributed by atoms with Crippen LogP contribution in [0.25, 0.3) is 0 Å². The smallest absolute Gasteiger partial charge is 0.123 e. The van der Waals surface area contributed by atoms with E-state index in [1.165, 1.54) is 36.1 Å². The van der Waals surface area contributed by atoms with E-state index < -0.39 is 0 Å². The maximum absolute atomic E-state index is 13.0. The summed E-state index contributed by atoms with van der Waals surface area (Å²) in [6, 6.07) is 18.4. The molecule has 0 radical (unpaired) electrons. The lowest BCUT2D eigenvalue weighted by molar-refractivity contribution is 0.417. The Hall–Kier alpha value is -1.67. The molecule has 1 aliphatic carbocycles. The second-order valence-electron chi connectivity index (χ2n) is 6.12. The quantitative estimate of drug-likeness (QED) is 0.823. The fraction of sp³-hybridized carbons (Fsp3) is 0.368. The predicted molar refractivity (Wildman–Crippen MR) is 84.6 cm³/mol. The van der Waals surface area contributed by atoms with Crippen LogP contribution in [-0.4, -0.2) is 6.04 Å². The van der Waals surface area contributed by atoms with Crippen LogP contribution >= 0.6 is 0 Å². The summed E-state index contributed by atoms with van der Waals surface area (Å²) in [6.07, 6.45) is 3.56. The summed E-state index contributed by atoms with van der Waals surface area (Å²) in [7, 11) is 0. The molecular formula is C19H22FN. The van der Waals surface area contributed by atoms with E-state index in [1.54, 1.807) is 0 Å². The van der Waals surface area contributed by atoms with Crippen LogP contribution in [0, 0.1) is 11.7 Å². The first-order valence-corrected chi connectivity index (χ1v) is 7.78. The van der Waals surface area contributed by atoms with Crippen molar-refractivity contribution >= 4 is 0 Å². The van der Waals surface area contributed by atoms with Crippen LogP contribution < -0.4 is 5.32 Å². The van der Waals surface area contributed by atoms with Crippen molar-refractivity contribution in [2.24, 2.45) is 5.92 Å². The molecule has 21 heavy (non-hydrogen) atoms. The summed E-state index contributed by atoms with van der Waals surface area (Å²) >= 11 is 0. The van der Waals surface area contributed by atoms with Gasteiger partial charge in [-0.3, -0.25) is 0 Å². The fourth-order valence-corrected chi connectivity index (χ4v) is 2.93. The van der Waals surface area contributed by atoms with Crippen molar-refractivity contribution in [2.75, 3.05) is 0 Å². The molecule has 2 aromatic rings. The molecule has 2 aromatic carbocycles. The summed E-state index contributed by atoms with van der Waals surface area (Å²) in [5.41, 5.74) is 2.56. The molecule has 0 amide bonds. The Kier molecular flexibility index (Phi) is 4.35. The number of hydrogen-bond donors (Lipinski definition) is 1. The highest BCUT2D eigenvalue weighted by atomic mass is 19.1. The van der Waals surface area contributed by atoms with Gasteiger partial charge in [0.1, 0.15) is 5.82 Å². The number of nitrogens with one attached hydrogen (secondary N) is 1. The summed E-state index contributed by atoms with van der Waals surface area (Å²) in [5, 5.41) is 3.76. The molecule has 0 saturated heterocycles. The van der Waals surface area contributed by atoms with E-state index in [-0.39, 0.29) is 5.82 Å². The largest absolute Gasteiger partial charge is 0.307 e. The lowest BCUT2D eigenvalue weighted by atomic mass is 9.99. The van der Waals surface area contributed by atoms with Crippen molar-refractivity contribution in [1.82, 2.24) is 5.32 Å². The van der Waals surface area contributed by atoms with Gasteiger partial charge in [0.15, 0.2) is 0 Å². The van der Waals surface area contributed by atoms with E-state index in [2.05, 4.69) is 42.6 Å². The van der Waals surface area contributed by atoms with E-state index in [0.29, 0.717) is 12.1 Å². The highest BCUT2D eigenvalue weighted by Crippen LogP contribution is 2.41. The minimum atomic E-state index is -0.167. The molecule has 0 spiro atoms. The third-order valence-corrected chi connectivity index (χ3v) is 4.17. The van der Waals surface area contributed by atoms with Crippen molar-refractivity contribution in [3.05, 3.63) is 71.5 Å². The Balaban J connectivity index is 1.64. The van der Waals surface area contributed by atoms with E-state index in [1.807, 2.05) is 12.1 Å². The van der Waals surface area contributed by atoms with Gasteiger partial charge < -0.3 is 5.32 Å². The Bertz CT molecular complexity index is 560. The van der Waals surface area contributed by atoms with Gasteiger partial charge in [-0.25, -0.2) is 4.39 Å². The molecule has 1 fully saturated rings. The zero-order valence-corrected chi connectivity index (χ0v) is 12.4. The maximum atomic E-state index is 13.0. The SMILES string of the molecule is CC(Cc1ccc(F)cc1)NC(c1ccccc1)C1CC1. The minimum absolute atomic E-state index is 0.167. The van der Waals surface area contributed by atoms with Gasteiger partial charge >= 0.3 is 0 Å². The molecule has 1 nitrogen and oxygen atoms in total. The van der Waals surface area contributed by atoms with Gasteiger partial charge in [0, 0.05) is 12.1 Å². The minimum Gasteiger partial charge on any atom is -0.307 e. The molecule has 2 atom stereocenters. The molecule has 3 rings (SSSR count). The lowest BCUT2D eigenvalue weighted by Gasteiger charge is -2.24. The van der Waals surface area contributed by atoms with Crippen LogP contribution in [0.1, 0.15) is 36.9 Å². The van der Waals surface area contributed by atoms with Crippen molar-refractivity contribution in [3.8, 4) is 0 Å². The van der Waals surface area contributed by atoms with Crippen LogP contribution in [0.2, 0.25) is 0 Å². The van der Waals surface area contributed by atoms with Gasteiger partial charge in [-0.05, 0) is 55.4 Å². The average Bonchev–Trinajstić information content (AvgIpc) is 3.33. The Morgan fingerprint density at radius 3 is 2.33 bits per heavy atom. The van der Waals surface area contributed by atoms with Gasteiger partial charge in [0.25, 0.3) is 0 Å². The van der Waals surface area contributed by atoms with Crippen LogP contribution in [0.5, 0.6) is 0 Å². The molecule has 110 valence electrons. The van der Waals surface area contributed by atoms with Gasteiger partial charge in [-0.1, -0.05) is 42.5 Å². The van der Waals surface area contributed by atoms with Gasteiger partial charge in [0.2, 0.25) is 0 Å². The fourth-order valence-electron chi connectivity index (χ4n) is 2.93. The van der Waals surface area contributed by atoms with Crippen molar-refractivity contribution in [3.63, 3.8) is 0 Å². The van der Waals surface area contributed by atoms with E-state index in [0.717, 1.165) is 12.3 Å². The molecule has 2 unspecified atom stereocenters. The molecule has 1 saturated carbocycles. The zero-order chi connectivity index (χ0) is 14.7. The number of halogens is 1. The van der Waals surface area contributed by atoms with Gasteiger partial charge in [0.05, 0.1) is 0 Å². The monoisotopic (exact) mass is 283 g/mol. The number of benzene rings is 2. The second kappa shape index (κ2) is 6.40. The molecule has 0 bridgehead atoms. The number of rotatable bonds is 6. The van der Waals surface area contributed by atoms with Crippen LogP contribution in [0.4, 0.5) is 4.39 Å². The molecule has 1 N–H and O–H groups in total. The van der Waals surface area contributed by atoms with E-state index in [4.69, 9.17) is 0 Å². The predicted octanol–water partition coefficient (Wildman–Crippen LogP) is 4.50. The second-order valence-corrected chi connectivity index (χ2v) is 6.12. The number of hydrogen-bond acceptors (Lipinski definition) is 1. The highest BCUT2D eigenvalue weighted by molar-refractivity contribution is 5.22.